The van der Waals surface area contributed by atoms with Gasteiger partial charge in [0.2, 0.25) is 10.0 Å². The highest BCUT2D eigenvalue weighted by atomic mass is 35.5. The van der Waals surface area contributed by atoms with Crippen LogP contribution in [0.2, 0.25) is 5.02 Å². The maximum Gasteiger partial charge on any atom is 0.209 e. The number of aromatic nitrogens is 2. The molecule has 0 saturated carbocycles. The molecule has 1 heterocycles. The van der Waals surface area contributed by atoms with Gasteiger partial charge in [0.25, 0.3) is 0 Å². The van der Waals surface area contributed by atoms with Gasteiger partial charge in [0.05, 0.1) is 23.2 Å². The van der Waals surface area contributed by atoms with Gasteiger partial charge in [0.1, 0.15) is 5.82 Å². The van der Waals surface area contributed by atoms with Gasteiger partial charge in [-0.25, -0.2) is 18.1 Å². The first-order valence-corrected chi connectivity index (χ1v) is 9.11. The molecule has 0 bridgehead atoms. The van der Waals surface area contributed by atoms with Gasteiger partial charge in [0, 0.05) is 17.1 Å². The smallest absolute Gasteiger partial charge is 0.209 e. The van der Waals surface area contributed by atoms with Gasteiger partial charge in [-0.05, 0) is 32.0 Å². The number of fused-ring (bicyclic) bond motifs is 1. The van der Waals surface area contributed by atoms with E-state index in [4.69, 9.17) is 23.2 Å². The Hall–Kier alpha value is -0.820. The van der Waals surface area contributed by atoms with Gasteiger partial charge in [-0.2, -0.15) is 0 Å². The number of halogens is 2. The summed E-state index contributed by atoms with van der Waals surface area (Å²) in [4.78, 5) is 4.45. The fourth-order valence-electron chi connectivity index (χ4n) is 2.35. The van der Waals surface area contributed by atoms with Crippen LogP contribution in [0.1, 0.15) is 19.7 Å². The predicted octanol–water partition coefficient (Wildman–Crippen LogP) is 2.76. The molecule has 0 aliphatic carbocycles. The standard InChI is InChI=1S/C13H17Cl2N3O2S/c1-13(2,17-21(3,19)20)8-18-11-6-9(15)4-5-10(11)16-12(18)7-14/h4-6,17H,7-8H2,1-3H3. The highest BCUT2D eigenvalue weighted by molar-refractivity contribution is 7.88. The summed E-state index contributed by atoms with van der Waals surface area (Å²) in [5.74, 6) is 0.915. The zero-order valence-electron chi connectivity index (χ0n) is 12.0. The van der Waals surface area contributed by atoms with Crippen LogP contribution >= 0.6 is 23.2 Å². The van der Waals surface area contributed by atoms with Crippen LogP contribution < -0.4 is 4.72 Å². The van der Waals surface area contributed by atoms with Crippen LogP contribution in [-0.2, 0) is 22.4 Å². The van der Waals surface area contributed by atoms with Crippen molar-refractivity contribution < 1.29 is 8.42 Å². The summed E-state index contributed by atoms with van der Waals surface area (Å²) in [7, 11) is -3.31. The van der Waals surface area contributed by atoms with Gasteiger partial charge in [0.15, 0.2) is 0 Å². The molecule has 0 radical (unpaired) electrons. The van der Waals surface area contributed by atoms with Crippen molar-refractivity contribution in [2.75, 3.05) is 6.26 Å². The molecule has 8 heteroatoms. The monoisotopic (exact) mass is 349 g/mol. The maximum atomic E-state index is 11.5. The predicted molar refractivity (Wildman–Crippen MR) is 86.4 cm³/mol. The van der Waals surface area contributed by atoms with Gasteiger partial charge < -0.3 is 4.57 Å². The molecule has 1 aromatic carbocycles. The lowest BCUT2D eigenvalue weighted by Gasteiger charge is -2.26. The molecule has 2 rings (SSSR count). The Balaban J connectivity index is 2.47. The van der Waals surface area contributed by atoms with E-state index in [1.165, 1.54) is 0 Å². The fourth-order valence-corrected chi connectivity index (χ4v) is 3.79. The van der Waals surface area contributed by atoms with Crippen molar-refractivity contribution in [3.05, 3.63) is 29.0 Å². The molecule has 21 heavy (non-hydrogen) atoms. The van der Waals surface area contributed by atoms with Crippen molar-refractivity contribution >= 4 is 44.3 Å². The number of sulfonamides is 1. The molecule has 5 nitrogen and oxygen atoms in total. The average molecular weight is 350 g/mol. The summed E-state index contributed by atoms with van der Waals surface area (Å²) in [5, 5.41) is 0.596. The van der Waals surface area contributed by atoms with E-state index in [1.54, 1.807) is 12.1 Å². The summed E-state index contributed by atoms with van der Waals surface area (Å²) in [6.45, 7) is 4.02. The number of hydrogen-bond acceptors (Lipinski definition) is 3. The van der Waals surface area contributed by atoms with Crippen LogP contribution in [0, 0.1) is 0 Å². The lowest BCUT2D eigenvalue weighted by Crippen LogP contribution is -2.46. The number of benzene rings is 1. The molecule has 0 fully saturated rings. The highest BCUT2D eigenvalue weighted by Gasteiger charge is 2.25. The topological polar surface area (TPSA) is 64.0 Å². The second-order valence-corrected chi connectivity index (χ2v) is 8.09. The Morgan fingerprint density at radius 2 is 2.05 bits per heavy atom. The molecule has 0 atom stereocenters. The Morgan fingerprint density at radius 1 is 1.38 bits per heavy atom. The number of nitrogens with one attached hydrogen (secondary N) is 1. The highest BCUT2D eigenvalue weighted by Crippen LogP contribution is 2.23. The molecular formula is C13H17Cl2N3O2S. The fraction of sp³-hybridized carbons (Fsp3) is 0.462. The normalized spacial score (nSPS) is 13.0. The van der Waals surface area contributed by atoms with E-state index in [0.29, 0.717) is 17.4 Å². The van der Waals surface area contributed by atoms with Gasteiger partial charge in [-0.3, -0.25) is 0 Å². The minimum absolute atomic E-state index is 0.237. The molecule has 0 aliphatic heterocycles. The van der Waals surface area contributed by atoms with Crippen molar-refractivity contribution in [1.29, 1.82) is 0 Å². The zero-order valence-corrected chi connectivity index (χ0v) is 14.3. The van der Waals surface area contributed by atoms with E-state index in [2.05, 4.69) is 9.71 Å². The van der Waals surface area contributed by atoms with Crippen LogP contribution in [-0.4, -0.2) is 29.8 Å². The van der Waals surface area contributed by atoms with Gasteiger partial charge >= 0.3 is 0 Å². The van der Waals surface area contributed by atoms with Crippen LogP contribution in [0.25, 0.3) is 11.0 Å². The van der Waals surface area contributed by atoms with E-state index in [9.17, 15) is 8.42 Å². The average Bonchev–Trinajstić information content (AvgIpc) is 2.63. The van der Waals surface area contributed by atoms with Gasteiger partial charge in [-0.1, -0.05) is 11.6 Å². The van der Waals surface area contributed by atoms with Crippen molar-refractivity contribution in [2.24, 2.45) is 0 Å². The third kappa shape index (κ3) is 4.10. The SMILES string of the molecule is CC(C)(Cn1c(CCl)nc2ccc(Cl)cc21)NS(C)(=O)=O. The molecule has 0 saturated heterocycles. The van der Waals surface area contributed by atoms with Crippen molar-refractivity contribution in [2.45, 2.75) is 31.8 Å². The quantitative estimate of drug-likeness (QED) is 0.844. The summed E-state index contributed by atoms with van der Waals surface area (Å²) in [6, 6.07) is 5.39. The lowest BCUT2D eigenvalue weighted by molar-refractivity contribution is 0.392. The van der Waals surface area contributed by atoms with Crippen molar-refractivity contribution in [1.82, 2.24) is 14.3 Å². The van der Waals surface area contributed by atoms with E-state index < -0.39 is 15.6 Å². The van der Waals surface area contributed by atoms with E-state index >= 15 is 0 Å². The zero-order chi connectivity index (χ0) is 15.8. The molecule has 0 unspecified atom stereocenters. The Bertz CT molecular complexity index is 769. The Kier molecular flexibility index (Phi) is 4.54. The molecule has 0 amide bonds. The molecule has 116 valence electrons. The van der Waals surface area contributed by atoms with Crippen molar-refractivity contribution in [3.8, 4) is 0 Å². The second kappa shape index (κ2) is 5.76. The number of alkyl halides is 1. The molecule has 2 aromatic rings. The largest absolute Gasteiger partial charge is 0.325 e. The molecular weight excluding hydrogens is 333 g/mol. The van der Waals surface area contributed by atoms with E-state index in [-0.39, 0.29) is 5.88 Å². The number of rotatable bonds is 5. The van der Waals surface area contributed by atoms with E-state index in [1.807, 2.05) is 24.5 Å². The first-order chi connectivity index (χ1) is 9.61. The van der Waals surface area contributed by atoms with Crippen LogP contribution in [0.4, 0.5) is 0 Å². The molecule has 1 aromatic heterocycles. The van der Waals surface area contributed by atoms with E-state index in [0.717, 1.165) is 17.3 Å². The van der Waals surface area contributed by atoms with Crippen LogP contribution in [0.3, 0.4) is 0 Å². The number of nitrogens with zero attached hydrogens (tertiary/aromatic N) is 2. The van der Waals surface area contributed by atoms with Crippen LogP contribution in [0.15, 0.2) is 18.2 Å². The number of imidazole rings is 1. The molecule has 0 aliphatic rings. The summed E-state index contributed by atoms with van der Waals surface area (Å²) in [6.07, 6.45) is 1.14. The lowest BCUT2D eigenvalue weighted by atomic mass is 10.1. The third-order valence-corrected chi connectivity index (χ3v) is 4.32. The maximum absolute atomic E-state index is 11.5. The summed E-state index contributed by atoms with van der Waals surface area (Å²) >= 11 is 12.0. The minimum atomic E-state index is -3.31. The summed E-state index contributed by atoms with van der Waals surface area (Å²) in [5.41, 5.74) is 0.941. The third-order valence-electron chi connectivity index (χ3n) is 2.92. The minimum Gasteiger partial charge on any atom is -0.325 e. The van der Waals surface area contributed by atoms with Crippen molar-refractivity contribution in [3.63, 3.8) is 0 Å². The van der Waals surface area contributed by atoms with Crippen LogP contribution in [0.5, 0.6) is 0 Å². The second-order valence-electron chi connectivity index (χ2n) is 5.64. The van der Waals surface area contributed by atoms with Gasteiger partial charge in [-0.15, -0.1) is 11.6 Å². The number of hydrogen-bond donors (Lipinski definition) is 1. The molecule has 0 spiro atoms. The summed E-state index contributed by atoms with van der Waals surface area (Å²) < 4.78 is 27.4. The first kappa shape index (κ1) is 16.5. The Labute approximate surface area is 134 Å². The Morgan fingerprint density at radius 3 is 2.62 bits per heavy atom. The first-order valence-electron chi connectivity index (χ1n) is 6.31. The molecule has 1 N–H and O–H groups in total.